The van der Waals surface area contributed by atoms with Gasteiger partial charge in [-0.15, -0.1) is 0 Å². The molecule has 9 nitrogen and oxygen atoms in total. The van der Waals surface area contributed by atoms with E-state index in [1.807, 2.05) is 20.8 Å². The van der Waals surface area contributed by atoms with Crippen LogP contribution < -0.4 is 0 Å². The monoisotopic (exact) mass is 677 g/mol. The molecule has 0 saturated carbocycles. The van der Waals surface area contributed by atoms with Crippen molar-refractivity contribution in [2.45, 2.75) is 35.5 Å². The molecule has 0 spiro atoms. The van der Waals surface area contributed by atoms with Gasteiger partial charge in [0.2, 0.25) is 0 Å². The summed E-state index contributed by atoms with van der Waals surface area (Å²) < 4.78 is 93.5. The van der Waals surface area contributed by atoms with E-state index in [1.165, 1.54) is 36.4 Å². The quantitative estimate of drug-likeness (QED) is 0.379. The first kappa shape index (κ1) is 32.7. The summed E-state index contributed by atoms with van der Waals surface area (Å²) in [6.07, 6.45) is 0. The standard InChI is InChI=1S/3C7H8O3S.Dy/c3*1-6-2-4-7(5-3-6)11(8,9)10;/h3*2-5H,1H3,(H,8,9,10);/q;;;+3/p-3. The van der Waals surface area contributed by atoms with Gasteiger partial charge < -0.3 is 13.7 Å². The van der Waals surface area contributed by atoms with Gasteiger partial charge in [0.15, 0.2) is 0 Å². The average molecular weight is 676 g/mol. The molecule has 0 heterocycles. The van der Waals surface area contributed by atoms with Crippen LogP contribution in [0.25, 0.3) is 0 Å². The SMILES string of the molecule is Cc1ccc(S(=O)(=O)[O-])cc1.Cc1ccc(S(=O)(=O)[O-])cc1.Cc1ccc(S(=O)(=O)[O-])cc1.[Dy+3]. The molecule has 1 radical (unpaired) electrons. The Labute approximate surface area is 230 Å². The topological polar surface area (TPSA) is 172 Å². The van der Waals surface area contributed by atoms with Gasteiger partial charge in [0.25, 0.3) is 0 Å². The first-order valence-corrected chi connectivity index (χ1v) is 13.3. The van der Waals surface area contributed by atoms with Gasteiger partial charge in [0, 0.05) is 0 Å². The van der Waals surface area contributed by atoms with E-state index in [9.17, 15) is 38.9 Å². The van der Waals surface area contributed by atoms with Gasteiger partial charge in [-0.1, -0.05) is 53.1 Å². The molecule has 0 N–H and O–H groups in total. The zero-order chi connectivity index (χ0) is 25.4. The fraction of sp³-hybridized carbons (Fsp3) is 0.143. The largest absolute Gasteiger partial charge is 3.00 e. The molecule has 0 aliphatic carbocycles. The Morgan fingerprint density at radius 1 is 0.412 bits per heavy atom. The smallest absolute Gasteiger partial charge is 0.744 e. The average Bonchev–Trinajstić information content (AvgIpc) is 2.68. The van der Waals surface area contributed by atoms with Gasteiger partial charge >= 0.3 is 38.2 Å². The molecule has 0 saturated heterocycles. The van der Waals surface area contributed by atoms with Crippen molar-refractivity contribution in [3.8, 4) is 0 Å². The van der Waals surface area contributed by atoms with E-state index in [-0.39, 0.29) is 52.9 Å². The predicted octanol–water partition coefficient (Wildman–Crippen LogP) is 2.70. The summed E-state index contributed by atoms with van der Waals surface area (Å²) >= 11 is 0. The number of hydrogen-bond donors (Lipinski definition) is 0. The molecule has 0 atom stereocenters. The second-order valence-corrected chi connectivity index (χ2v) is 10.9. The Hall–Kier alpha value is -1.34. The number of benzene rings is 3. The zero-order valence-electron chi connectivity index (χ0n) is 18.1. The molecule has 0 bridgehead atoms. The van der Waals surface area contributed by atoms with E-state index in [1.54, 1.807) is 36.4 Å². The van der Waals surface area contributed by atoms with Crippen molar-refractivity contribution >= 4 is 30.4 Å². The molecule has 3 aromatic rings. The van der Waals surface area contributed by atoms with Crippen molar-refractivity contribution in [3.63, 3.8) is 0 Å². The fourth-order valence-electron chi connectivity index (χ4n) is 2.11. The summed E-state index contributed by atoms with van der Waals surface area (Å²) in [6, 6.07) is 17.3. The Morgan fingerprint density at radius 2 is 0.559 bits per heavy atom. The minimum absolute atomic E-state index is 0. The summed E-state index contributed by atoms with van der Waals surface area (Å²) in [5.41, 5.74) is 2.78. The van der Waals surface area contributed by atoms with Crippen LogP contribution in [0.2, 0.25) is 0 Å². The van der Waals surface area contributed by atoms with E-state index < -0.39 is 30.4 Å². The number of rotatable bonds is 3. The summed E-state index contributed by atoms with van der Waals surface area (Å²) in [5.74, 6) is 0. The zero-order valence-corrected chi connectivity index (χ0v) is 22.6. The van der Waals surface area contributed by atoms with Crippen LogP contribution in [-0.4, -0.2) is 38.9 Å². The Bertz CT molecular complexity index is 1190. The van der Waals surface area contributed by atoms with E-state index in [0.717, 1.165) is 16.7 Å². The van der Waals surface area contributed by atoms with Crippen molar-refractivity contribution in [2.75, 3.05) is 0 Å². The molecule has 0 amide bonds. The molecule has 3 rings (SSSR count). The van der Waals surface area contributed by atoms with E-state index in [0.29, 0.717) is 0 Å². The first-order chi connectivity index (χ1) is 15.0. The van der Waals surface area contributed by atoms with Crippen LogP contribution in [-0.2, 0) is 30.4 Å². The number of hydrogen-bond acceptors (Lipinski definition) is 9. The Morgan fingerprint density at radius 3 is 0.676 bits per heavy atom. The van der Waals surface area contributed by atoms with E-state index >= 15 is 0 Å². The summed E-state index contributed by atoms with van der Waals surface area (Å²) in [4.78, 5) is -0.533. The van der Waals surface area contributed by atoms with Crippen molar-refractivity contribution in [1.29, 1.82) is 0 Å². The normalized spacial score (nSPS) is 11.1. The Kier molecular flexibility index (Phi) is 13.1. The second-order valence-electron chi connectivity index (χ2n) is 6.80. The fourth-order valence-corrected chi connectivity index (χ4v) is 3.52. The molecule has 13 heteroatoms. The molecular weight excluding hydrogens is 655 g/mol. The van der Waals surface area contributed by atoms with Gasteiger partial charge in [0.05, 0.1) is 14.7 Å². The van der Waals surface area contributed by atoms with Crippen LogP contribution in [0.5, 0.6) is 0 Å². The molecule has 0 fully saturated rings. The molecule has 0 aliphatic heterocycles. The third-order valence-electron chi connectivity index (χ3n) is 3.93. The molecule has 0 aliphatic rings. The van der Waals surface area contributed by atoms with Crippen LogP contribution in [0.3, 0.4) is 0 Å². The van der Waals surface area contributed by atoms with Gasteiger partial charge in [0.1, 0.15) is 30.4 Å². The maximum Gasteiger partial charge on any atom is 3.00 e. The predicted molar refractivity (Wildman–Crippen MR) is 117 cm³/mol. The summed E-state index contributed by atoms with van der Waals surface area (Å²) in [5, 5.41) is 0. The molecule has 0 aromatic heterocycles. The van der Waals surface area contributed by atoms with Crippen molar-refractivity contribution in [3.05, 3.63) is 89.5 Å². The second kappa shape index (κ2) is 13.7. The van der Waals surface area contributed by atoms with Gasteiger partial charge in [-0.2, -0.15) is 0 Å². The minimum atomic E-state index is -4.27. The van der Waals surface area contributed by atoms with Gasteiger partial charge in [-0.3, -0.25) is 0 Å². The maximum absolute atomic E-state index is 10.4. The number of aryl methyl sites for hydroxylation is 3. The molecular formula is C21H21DyO9S3. The van der Waals surface area contributed by atoms with Crippen molar-refractivity contribution < 1.29 is 77.1 Å². The summed E-state index contributed by atoms with van der Waals surface area (Å²) in [6.45, 7) is 5.46. The molecule has 3 aromatic carbocycles. The van der Waals surface area contributed by atoms with Crippen LogP contribution in [0, 0.1) is 58.9 Å². The van der Waals surface area contributed by atoms with Crippen LogP contribution in [0.15, 0.2) is 87.5 Å². The van der Waals surface area contributed by atoms with Gasteiger partial charge in [-0.05, 0) is 57.2 Å². The molecule has 187 valence electrons. The first-order valence-electron chi connectivity index (χ1n) is 9.08. The van der Waals surface area contributed by atoms with Crippen LogP contribution in [0.1, 0.15) is 16.7 Å². The third-order valence-corrected chi connectivity index (χ3v) is 6.48. The van der Waals surface area contributed by atoms with Crippen molar-refractivity contribution in [2.24, 2.45) is 0 Å². The minimum Gasteiger partial charge on any atom is -0.744 e. The summed E-state index contributed by atoms with van der Waals surface area (Å²) in [7, 11) is -12.8. The van der Waals surface area contributed by atoms with Gasteiger partial charge in [-0.25, -0.2) is 25.3 Å². The molecule has 34 heavy (non-hydrogen) atoms. The van der Waals surface area contributed by atoms with Crippen molar-refractivity contribution in [1.82, 2.24) is 0 Å². The van der Waals surface area contributed by atoms with E-state index in [4.69, 9.17) is 0 Å². The van der Waals surface area contributed by atoms with Crippen LogP contribution >= 0.6 is 0 Å². The van der Waals surface area contributed by atoms with E-state index in [2.05, 4.69) is 0 Å². The van der Waals surface area contributed by atoms with Crippen LogP contribution in [0.4, 0.5) is 0 Å². The Balaban J connectivity index is 0.000000473. The maximum atomic E-state index is 10.4. The molecule has 0 unspecified atom stereocenters. The third kappa shape index (κ3) is 12.4.